The van der Waals surface area contributed by atoms with Crippen LogP contribution in [0.3, 0.4) is 0 Å². The minimum atomic E-state index is -0.480. The van der Waals surface area contributed by atoms with Crippen molar-refractivity contribution < 1.29 is 9.18 Å². The fraction of sp³-hybridized carbons (Fsp3) is 0.231. The number of H-pyrrole nitrogens is 1. The number of nitrogens with one attached hydrogen (secondary N) is 1. The number of aryl methyl sites for hydroxylation is 1. The summed E-state index contributed by atoms with van der Waals surface area (Å²) in [5.74, 6) is 0.330. The minimum absolute atomic E-state index is 0.0492. The summed E-state index contributed by atoms with van der Waals surface area (Å²) < 4.78 is 13.8. The van der Waals surface area contributed by atoms with E-state index in [0.29, 0.717) is 36.2 Å². The molecule has 4 nitrogen and oxygen atoms in total. The van der Waals surface area contributed by atoms with E-state index in [0.717, 1.165) is 18.4 Å². The highest BCUT2D eigenvalue weighted by molar-refractivity contribution is 6.31. The van der Waals surface area contributed by atoms with Crippen molar-refractivity contribution in [3.8, 4) is 11.1 Å². The molecule has 162 valence electrons. The van der Waals surface area contributed by atoms with Crippen molar-refractivity contribution in [1.29, 1.82) is 0 Å². The lowest BCUT2D eigenvalue weighted by Crippen LogP contribution is -2.31. The lowest BCUT2D eigenvalue weighted by atomic mass is 10.0. The summed E-state index contributed by atoms with van der Waals surface area (Å²) in [7, 11) is 0. The van der Waals surface area contributed by atoms with Gasteiger partial charge in [0.15, 0.2) is 0 Å². The molecule has 5 rings (SSSR count). The van der Waals surface area contributed by atoms with E-state index in [9.17, 15) is 9.18 Å². The zero-order valence-corrected chi connectivity index (χ0v) is 18.3. The summed E-state index contributed by atoms with van der Waals surface area (Å²) in [6, 6.07) is 21.4. The fourth-order valence-corrected chi connectivity index (χ4v) is 4.58. The maximum Gasteiger partial charge on any atom is 0.223 e. The highest BCUT2D eigenvalue weighted by Crippen LogP contribution is 2.33. The maximum absolute atomic E-state index is 13.8. The second-order valence-electron chi connectivity index (χ2n) is 8.21. The third-order valence-corrected chi connectivity index (χ3v) is 6.41. The first-order chi connectivity index (χ1) is 15.6. The third kappa shape index (κ3) is 4.13. The standard InChI is InChI=1S/C26H23ClFN3O/c27-20-15-22-23(16-21(20)28)30-26(29-22)24-7-4-14-31(24)25(32)13-10-17-8-11-19(12-9-17)18-5-2-1-3-6-18/h1-3,5-6,8-9,11-12,15-16,24H,4,7,10,13-14H2,(H,29,30)/t24-/m0/s1. The molecule has 1 saturated heterocycles. The van der Waals surface area contributed by atoms with Crippen molar-refractivity contribution in [2.45, 2.75) is 31.7 Å². The van der Waals surface area contributed by atoms with Crippen LogP contribution >= 0.6 is 11.6 Å². The number of carbonyl (C=O) groups is 1. The Bertz CT molecular complexity index is 1210. The van der Waals surface area contributed by atoms with Gasteiger partial charge in [0.2, 0.25) is 5.91 Å². The monoisotopic (exact) mass is 447 g/mol. The Balaban J connectivity index is 1.26. The number of aromatic amines is 1. The number of aromatic nitrogens is 2. The number of imidazole rings is 1. The summed E-state index contributed by atoms with van der Waals surface area (Å²) in [5.41, 5.74) is 4.70. The van der Waals surface area contributed by atoms with Crippen molar-refractivity contribution >= 4 is 28.5 Å². The Labute approximate surface area is 191 Å². The van der Waals surface area contributed by atoms with Gasteiger partial charge < -0.3 is 9.88 Å². The number of hydrogen-bond acceptors (Lipinski definition) is 2. The van der Waals surface area contributed by atoms with Gasteiger partial charge in [-0.15, -0.1) is 0 Å². The first kappa shape index (κ1) is 20.7. The molecular formula is C26H23ClFN3O. The largest absolute Gasteiger partial charge is 0.340 e. The summed E-state index contributed by atoms with van der Waals surface area (Å²) in [5, 5.41) is 0.0492. The van der Waals surface area contributed by atoms with E-state index in [2.05, 4.69) is 46.4 Å². The summed E-state index contributed by atoms with van der Waals surface area (Å²) in [6.07, 6.45) is 2.90. The molecule has 0 radical (unpaired) electrons. The normalized spacial score (nSPS) is 16.1. The van der Waals surface area contributed by atoms with Gasteiger partial charge in [-0.3, -0.25) is 4.79 Å². The highest BCUT2D eigenvalue weighted by atomic mass is 35.5. The molecule has 0 aliphatic carbocycles. The molecule has 3 aromatic carbocycles. The number of halogens is 2. The van der Waals surface area contributed by atoms with Gasteiger partial charge in [-0.1, -0.05) is 66.2 Å². The molecule has 0 unspecified atom stereocenters. The molecule has 1 aromatic heterocycles. The molecule has 0 spiro atoms. The van der Waals surface area contributed by atoms with Crippen LogP contribution in [-0.4, -0.2) is 27.3 Å². The van der Waals surface area contributed by atoms with Gasteiger partial charge in [0.25, 0.3) is 0 Å². The lowest BCUT2D eigenvalue weighted by molar-refractivity contribution is -0.132. The van der Waals surface area contributed by atoms with E-state index in [1.165, 1.54) is 23.3 Å². The van der Waals surface area contributed by atoms with E-state index in [-0.39, 0.29) is 17.0 Å². The molecule has 2 heterocycles. The Morgan fingerprint density at radius 2 is 1.84 bits per heavy atom. The van der Waals surface area contributed by atoms with Gasteiger partial charge in [0.05, 0.1) is 22.1 Å². The molecule has 6 heteroatoms. The van der Waals surface area contributed by atoms with Gasteiger partial charge in [0.1, 0.15) is 11.6 Å². The van der Waals surface area contributed by atoms with Gasteiger partial charge in [-0.05, 0) is 42.0 Å². The minimum Gasteiger partial charge on any atom is -0.340 e. The fourth-order valence-electron chi connectivity index (χ4n) is 4.42. The van der Waals surface area contributed by atoms with Gasteiger partial charge in [-0.2, -0.15) is 0 Å². The smallest absolute Gasteiger partial charge is 0.223 e. The lowest BCUT2D eigenvalue weighted by Gasteiger charge is -2.23. The summed E-state index contributed by atoms with van der Waals surface area (Å²) in [4.78, 5) is 22.7. The Hall–Kier alpha value is -3.18. The van der Waals surface area contributed by atoms with Crippen molar-refractivity contribution in [2.24, 2.45) is 0 Å². The molecule has 1 N–H and O–H groups in total. The van der Waals surface area contributed by atoms with Crippen LogP contribution in [0, 0.1) is 5.82 Å². The predicted molar refractivity (Wildman–Crippen MR) is 125 cm³/mol. The third-order valence-electron chi connectivity index (χ3n) is 6.12. The molecule has 1 atom stereocenters. The number of hydrogen-bond donors (Lipinski definition) is 1. The molecule has 32 heavy (non-hydrogen) atoms. The molecule has 1 fully saturated rings. The van der Waals surface area contributed by atoms with Crippen molar-refractivity contribution in [1.82, 2.24) is 14.9 Å². The number of carbonyl (C=O) groups excluding carboxylic acids is 1. The van der Waals surface area contributed by atoms with E-state index in [1.54, 1.807) is 0 Å². The number of amides is 1. The SMILES string of the molecule is O=C(CCc1ccc(-c2ccccc2)cc1)N1CCC[C@H]1c1nc2cc(Cl)c(F)cc2[nH]1. The Morgan fingerprint density at radius 3 is 2.62 bits per heavy atom. The van der Waals surface area contributed by atoms with Gasteiger partial charge in [-0.25, -0.2) is 9.37 Å². The first-order valence-electron chi connectivity index (χ1n) is 10.9. The molecule has 1 aliphatic rings. The number of rotatable bonds is 5. The van der Waals surface area contributed by atoms with Gasteiger partial charge in [0, 0.05) is 19.0 Å². The number of benzene rings is 3. The van der Waals surface area contributed by atoms with Crippen LogP contribution in [0.4, 0.5) is 4.39 Å². The van der Waals surface area contributed by atoms with E-state index in [4.69, 9.17) is 11.6 Å². The second-order valence-corrected chi connectivity index (χ2v) is 8.62. The zero-order chi connectivity index (χ0) is 22.1. The van der Waals surface area contributed by atoms with E-state index in [1.807, 2.05) is 23.1 Å². The topological polar surface area (TPSA) is 49.0 Å². The molecule has 0 saturated carbocycles. The Morgan fingerprint density at radius 1 is 1.09 bits per heavy atom. The van der Waals surface area contributed by atoms with Crippen molar-refractivity contribution in [3.63, 3.8) is 0 Å². The second kappa shape index (κ2) is 8.75. The van der Waals surface area contributed by atoms with Crippen LogP contribution < -0.4 is 0 Å². The van der Waals surface area contributed by atoms with E-state index < -0.39 is 5.82 Å². The van der Waals surface area contributed by atoms with Crippen LogP contribution in [0.5, 0.6) is 0 Å². The highest BCUT2D eigenvalue weighted by Gasteiger charge is 2.31. The summed E-state index contributed by atoms with van der Waals surface area (Å²) in [6.45, 7) is 0.711. The molecule has 0 bridgehead atoms. The first-order valence-corrected chi connectivity index (χ1v) is 11.2. The van der Waals surface area contributed by atoms with Gasteiger partial charge >= 0.3 is 0 Å². The Kier molecular flexibility index (Phi) is 5.66. The van der Waals surface area contributed by atoms with Crippen LogP contribution in [0.1, 0.15) is 36.7 Å². The number of nitrogens with zero attached hydrogens (tertiary/aromatic N) is 2. The van der Waals surface area contributed by atoms with Crippen LogP contribution in [-0.2, 0) is 11.2 Å². The molecule has 1 aliphatic heterocycles. The van der Waals surface area contributed by atoms with Crippen molar-refractivity contribution in [2.75, 3.05) is 6.54 Å². The summed E-state index contributed by atoms with van der Waals surface area (Å²) >= 11 is 5.89. The average molecular weight is 448 g/mol. The number of likely N-dealkylation sites (tertiary alicyclic amines) is 1. The average Bonchev–Trinajstić information content (AvgIpc) is 3.46. The van der Waals surface area contributed by atoms with Crippen molar-refractivity contribution in [3.05, 3.63) is 89.0 Å². The molecule has 4 aromatic rings. The molecular weight excluding hydrogens is 425 g/mol. The number of fused-ring (bicyclic) bond motifs is 1. The van der Waals surface area contributed by atoms with E-state index >= 15 is 0 Å². The quantitative estimate of drug-likeness (QED) is 0.389. The van der Waals surface area contributed by atoms with Crippen LogP contribution in [0.15, 0.2) is 66.7 Å². The van der Waals surface area contributed by atoms with Crippen LogP contribution in [0.2, 0.25) is 5.02 Å². The predicted octanol–water partition coefficient (Wildman–Crippen LogP) is 6.32. The maximum atomic E-state index is 13.8. The van der Waals surface area contributed by atoms with Crippen LogP contribution in [0.25, 0.3) is 22.2 Å². The zero-order valence-electron chi connectivity index (χ0n) is 17.5. The molecule has 1 amide bonds.